The molecule has 6 N–H and O–H groups in total. The number of ether oxygens (including phenoxy) is 1. The number of aromatic hydroxyl groups is 1. The maximum Gasteiger partial charge on any atom is 0.246 e. The number of nitrogens with two attached hydrogens (primary N) is 1. The molecule has 5 heterocycles. The van der Waals surface area contributed by atoms with Crippen LogP contribution in [0.2, 0.25) is 0 Å². The second-order valence-electron chi connectivity index (χ2n) is 21.5. The molecule has 4 atom stereocenters. The third-order valence-electron chi connectivity index (χ3n) is 14.6. The summed E-state index contributed by atoms with van der Waals surface area (Å²) in [7, 11) is 0. The Morgan fingerprint density at radius 2 is 1.56 bits per heavy atom. The summed E-state index contributed by atoms with van der Waals surface area (Å²) in [5, 5.41) is 35.3. The van der Waals surface area contributed by atoms with Crippen molar-refractivity contribution in [3.8, 4) is 33.2 Å². The van der Waals surface area contributed by atoms with Crippen molar-refractivity contribution in [2.24, 2.45) is 5.41 Å². The van der Waals surface area contributed by atoms with E-state index < -0.39 is 23.6 Å². The van der Waals surface area contributed by atoms with E-state index in [2.05, 4.69) is 47.7 Å². The van der Waals surface area contributed by atoms with Gasteiger partial charge in [-0.2, -0.15) is 0 Å². The Labute approximate surface area is 444 Å². The van der Waals surface area contributed by atoms with Crippen molar-refractivity contribution in [1.29, 1.82) is 0 Å². The molecule has 18 heteroatoms. The molecule has 400 valence electrons. The number of aryl methyl sites for hydroxylation is 1. The van der Waals surface area contributed by atoms with E-state index in [-0.39, 0.29) is 60.9 Å². The highest BCUT2D eigenvalue weighted by Gasteiger charge is 2.45. The summed E-state index contributed by atoms with van der Waals surface area (Å²) in [4.78, 5) is 67.6. The lowest BCUT2D eigenvalue weighted by atomic mass is 9.85. The van der Waals surface area contributed by atoms with Crippen molar-refractivity contribution in [1.82, 2.24) is 40.5 Å². The Hall–Kier alpha value is -6.63. The zero-order chi connectivity index (χ0) is 53.2. The van der Waals surface area contributed by atoms with Gasteiger partial charge in [0.1, 0.15) is 29.7 Å². The molecule has 0 spiro atoms. The molecule has 0 saturated carbocycles. The van der Waals surface area contributed by atoms with E-state index in [1.165, 1.54) is 4.90 Å². The number of aliphatic hydroxyl groups excluding tert-OH is 1. The number of aromatic nitrogens is 3. The number of carbonyl (C=O) groups excluding carboxylic acids is 4. The number of hydrogen-bond donors (Lipinski definition) is 5. The molecule has 3 fully saturated rings. The number of phenols is 1. The van der Waals surface area contributed by atoms with Crippen molar-refractivity contribution in [2.75, 3.05) is 56.4 Å². The van der Waals surface area contributed by atoms with Gasteiger partial charge in [0.25, 0.3) is 0 Å². The first-order valence-corrected chi connectivity index (χ1v) is 27.4. The van der Waals surface area contributed by atoms with Gasteiger partial charge in [-0.15, -0.1) is 21.5 Å². The first kappa shape index (κ1) is 54.6. The number of nitrogens with one attached hydrogen (secondary N) is 2. The average molecular weight is 1040 g/mol. The van der Waals surface area contributed by atoms with E-state index in [4.69, 9.17) is 10.5 Å². The molecule has 5 aromatic rings. The number of nitrogens with zero attached hydrogens (tertiary/aromatic N) is 7. The topological polar surface area (TPSA) is 220 Å². The number of likely N-dealkylation sites (tertiary alicyclic amines) is 1. The summed E-state index contributed by atoms with van der Waals surface area (Å²) in [5.74, 6) is 0.555. The fourth-order valence-electron chi connectivity index (χ4n) is 10.2. The number of piperazine rings is 1. The number of β-amino-alcohol motifs (C(OH)–C–C–N with tert-alkyl or cyclic N) is 1. The first-order valence-electron chi connectivity index (χ1n) is 26.5. The minimum absolute atomic E-state index is 0.0105. The summed E-state index contributed by atoms with van der Waals surface area (Å²) in [5.41, 5.74) is 13.4. The van der Waals surface area contributed by atoms with Crippen LogP contribution in [0.15, 0.2) is 84.4 Å². The number of unbranched alkanes of at least 4 members (excludes halogenated alkanes) is 5. The minimum atomic E-state index is -0.872. The minimum Gasteiger partial charge on any atom is -0.507 e. The van der Waals surface area contributed by atoms with Gasteiger partial charge in [0.15, 0.2) is 5.82 Å². The van der Waals surface area contributed by atoms with Crippen molar-refractivity contribution in [2.45, 2.75) is 129 Å². The molecule has 0 bridgehead atoms. The maximum atomic E-state index is 14.1. The van der Waals surface area contributed by atoms with Crippen molar-refractivity contribution >= 4 is 46.5 Å². The Bertz CT molecular complexity index is 2750. The Kier molecular flexibility index (Phi) is 18.1. The number of benzene rings is 3. The lowest BCUT2D eigenvalue weighted by Crippen LogP contribution is -2.57. The van der Waals surface area contributed by atoms with Crippen LogP contribution in [-0.2, 0) is 25.7 Å². The van der Waals surface area contributed by atoms with E-state index in [9.17, 15) is 29.4 Å². The molecule has 0 radical (unpaired) electrons. The molecule has 8 rings (SSSR count). The monoisotopic (exact) mass is 1040 g/mol. The van der Waals surface area contributed by atoms with Crippen LogP contribution in [0.5, 0.6) is 11.5 Å². The zero-order valence-electron chi connectivity index (χ0n) is 44.0. The first-order chi connectivity index (χ1) is 36.0. The number of amides is 4. The van der Waals surface area contributed by atoms with Gasteiger partial charge in [0.2, 0.25) is 23.6 Å². The van der Waals surface area contributed by atoms with Crippen molar-refractivity contribution < 1.29 is 34.1 Å². The predicted octanol–water partition coefficient (Wildman–Crippen LogP) is 7.27. The third-order valence-corrected chi connectivity index (χ3v) is 15.6. The molecule has 3 saturated heterocycles. The quantitative estimate of drug-likeness (QED) is 0.0458. The third kappa shape index (κ3) is 14.2. The van der Waals surface area contributed by atoms with E-state index >= 15 is 0 Å². The Morgan fingerprint density at radius 3 is 2.25 bits per heavy atom. The van der Waals surface area contributed by atoms with E-state index in [1.54, 1.807) is 29.5 Å². The normalized spacial score (nSPS) is 18.1. The molecule has 2 aromatic heterocycles. The second kappa shape index (κ2) is 24.8. The number of para-hydroxylation sites is 1. The number of thiazole rings is 1. The number of anilines is 2. The van der Waals surface area contributed by atoms with Gasteiger partial charge >= 0.3 is 0 Å². The van der Waals surface area contributed by atoms with Crippen LogP contribution in [0.1, 0.15) is 108 Å². The maximum absolute atomic E-state index is 14.1. The number of nitrogen functional groups attached to an aromatic ring is 1. The molecule has 4 amide bonds. The van der Waals surface area contributed by atoms with E-state index in [0.29, 0.717) is 56.1 Å². The number of phenolic OH excluding ortho intramolecular Hbond substituents is 1. The van der Waals surface area contributed by atoms with E-state index in [0.717, 1.165) is 90.4 Å². The number of carbonyl (C=O) groups is 4. The smallest absolute Gasteiger partial charge is 0.246 e. The molecular formula is C57H74N10O7S. The average Bonchev–Trinajstić information content (AvgIpc) is 4.00. The lowest BCUT2D eigenvalue weighted by molar-refractivity contribution is -0.144. The van der Waals surface area contributed by atoms with E-state index in [1.807, 2.05) is 93.6 Å². The van der Waals surface area contributed by atoms with Crippen LogP contribution in [0, 0.1) is 12.3 Å². The van der Waals surface area contributed by atoms with Crippen LogP contribution in [-0.4, -0.2) is 134 Å². The van der Waals surface area contributed by atoms with Crippen molar-refractivity contribution in [3.05, 3.63) is 101 Å². The zero-order valence-corrected chi connectivity index (χ0v) is 44.9. The summed E-state index contributed by atoms with van der Waals surface area (Å²) in [6.45, 7) is 14.7. The molecule has 3 aromatic carbocycles. The van der Waals surface area contributed by atoms with Gasteiger partial charge in [-0.3, -0.25) is 24.1 Å². The van der Waals surface area contributed by atoms with Crippen LogP contribution < -0.4 is 26.0 Å². The largest absolute Gasteiger partial charge is 0.507 e. The number of hydrogen-bond acceptors (Lipinski definition) is 14. The fourth-order valence-corrected chi connectivity index (χ4v) is 11.0. The molecule has 17 nitrogen and oxygen atoms in total. The van der Waals surface area contributed by atoms with Crippen LogP contribution in [0.25, 0.3) is 21.7 Å². The highest BCUT2D eigenvalue weighted by molar-refractivity contribution is 7.13. The molecular weight excluding hydrogens is 969 g/mol. The molecule has 3 aliphatic rings. The van der Waals surface area contributed by atoms with Gasteiger partial charge in [-0.1, -0.05) is 95.0 Å². The fraction of sp³-hybridized carbons (Fsp3) is 0.491. The van der Waals surface area contributed by atoms with Crippen molar-refractivity contribution in [3.63, 3.8) is 0 Å². The standard InChI is InChI=1S/C57H74N10O7S/c1-37(40-21-23-41(24-22-40)52-38(2)59-36-75-52)60-55(72)48-30-42(68)33-67(48)56(73)53(57(3,4)5)61-50(70)19-10-8-6-7-9-11-20-51(71)65-27-25-64(26-28-65)32-39-15-14-16-43(29-39)74-44-34-66(35-44)47-31-46(62-63-54(47)58)45-17-12-13-18-49(45)69/h12-18,21-24,29,31,36-37,42,44,48,53,68-69H,6-11,19-20,25-28,30,32-35H2,1-5H3,(H2,58,63)(H,60,72)(H,61,70)/t37?,42-,48+,53?/m1/s1. The van der Waals surface area contributed by atoms with Gasteiger partial charge in [-0.05, 0) is 79.1 Å². The molecule has 2 unspecified atom stereocenters. The molecule has 75 heavy (non-hydrogen) atoms. The highest BCUT2D eigenvalue weighted by Crippen LogP contribution is 2.35. The van der Waals surface area contributed by atoms with Crippen LogP contribution >= 0.6 is 11.3 Å². The number of rotatable bonds is 21. The summed E-state index contributed by atoms with van der Waals surface area (Å²) in [6.07, 6.45) is 5.31. The molecule has 0 aliphatic carbocycles. The number of aliphatic hydroxyl groups is 1. The van der Waals surface area contributed by atoms with Gasteiger partial charge in [-0.25, -0.2) is 4.98 Å². The molecule has 3 aliphatic heterocycles. The van der Waals surface area contributed by atoms with Gasteiger partial charge < -0.3 is 46.0 Å². The predicted molar refractivity (Wildman–Crippen MR) is 292 cm³/mol. The lowest BCUT2D eigenvalue weighted by Gasteiger charge is -2.41. The second-order valence-corrected chi connectivity index (χ2v) is 22.3. The van der Waals surface area contributed by atoms with Crippen LogP contribution in [0.3, 0.4) is 0 Å². The SMILES string of the molecule is Cc1ncsc1-c1ccc(C(C)NC(=O)[C@@H]2C[C@@H](O)CN2C(=O)C(NC(=O)CCCCCCCCC(=O)N2CCN(Cc3cccc(OC4CN(c5cc(-c6ccccc6O)nnc5N)C4)c3)CC2)C(C)(C)C)cc1. The van der Waals surface area contributed by atoms with Gasteiger partial charge in [0.05, 0.1) is 52.7 Å². The highest BCUT2D eigenvalue weighted by atomic mass is 32.1. The summed E-state index contributed by atoms with van der Waals surface area (Å²) < 4.78 is 6.34. The van der Waals surface area contributed by atoms with Gasteiger partial charge in [0, 0.05) is 64.1 Å². The van der Waals surface area contributed by atoms with Crippen LogP contribution in [0.4, 0.5) is 11.5 Å². The summed E-state index contributed by atoms with van der Waals surface area (Å²) >= 11 is 1.58. The Morgan fingerprint density at radius 1 is 0.853 bits per heavy atom. The Balaban J connectivity index is 0.687. The summed E-state index contributed by atoms with van der Waals surface area (Å²) in [6, 6.07) is 23.0.